The molecule has 1 saturated carbocycles. The van der Waals surface area contributed by atoms with Crippen LogP contribution in [0.2, 0.25) is 0 Å². The molecule has 0 spiro atoms. The van der Waals surface area contributed by atoms with Crippen LogP contribution in [0.4, 0.5) is 0 Å². The van der Waals surface area contributed by atoms with Gasteiger partial charge < -0.3 is 10.5 Å². The molecule has 3 rings (SSSR count). The monoisotopic (exact) mass is 403 g/mol. The van der Waals surface area contributed by atoms with Gasteiger partial charge in [0.05, 0.1) is 27.2 Å². The molecule has 27 heavy (non-hydrogen) atoms. The third kappa shape index (κ3) is 3.42. The normalized spacial score (nSPS) is 24.6. The molecule has 0 amide bonds. The lowest BCUT2D eigenvalue weighted by Crippen LogP contribution is -2.33. The summed E-state index contributed by atoms with van der Waals surface area (Å²) in [5, 5.41) is -0.723. The van der Waals surface area contributed by atoms with E-state index in [1.54, 1.807) is 24.3 Å². The Morgan fingerprint density at radius 2 is 1.59 bits per heavy atom. The number of benzene rings is 2. The van der Waals surface area contributed by atoms with Gasteiger partial charge in [-0.15, -0.1) is 0 Å². The fourth-order valence-electron chi connectivity index (χ4n) is 3.79. The van der Waals surface area contributed by atoms with E-state index in [0.29, 0.717) is 11.5 Å². The van der Waals surface area contributed by atoms with Crippen LogP contribution in [0.25, 0.3) is 0 Å². The maximum Gasteiger partial charge on any atom is 0.182 e. The number of sulfone groups is 1. The summed E-state index contributed by atoms with van der Waals surface area (Å²) < 4.78 is 32.6. The van der Waals surface area contributed by atoms with Crippen molar-refractivity contribution in [2.24, 2.45) is 11.1 Å². The summed E-state index contributed by atoms with van der Waals surface area (Å²) in [7, 11) is -3.62. The molecule has 2 aromatic carbocycles. The molecule has 1 aliphatic carbocycles. The van der Waals surface area contributed by atoms with Crippen LogP contribution in [0.3, 0.4) is 0 Å². The van der Waals surface area contributed by atoms with Crippen LogP contribution in [0.1, 0.15) is 29.5 Å². The number of hydrogen-bond donors (Lipinski definition) is 1. The van der Waals surface area contributed by atoms with Crippen LogP contribution in [-0.4, -0.2) is 31.9 Å². The van der Waals surface area contributed by atoms with Crippen LogP contribution >= 0.6 is 12.2 Å². The summed E-state index contributed by atoms with van der Waals surface area (Å²) in [6.45, 7) is 6.48. The molecule has 3 unspecified atom stereocenters. The first kappa shape index (κ1) is 20.0. The molecule has 0 radical (unpaired) electrons. The molecule has 0 bridgehead atoms. The number of aryl methyl sites for hydroxylation is 2. The van der Waals surface area contributed by atoms with Crippen molar-refractivity contribution in [1.29, 1.82) is 0 Å². The molecule has 2 aromatic rings. The molecular formula is C21H25NO3S2. The van der Waals surface area contributed by atoms with Gasteiger partial charge in [-0.2, -0.15) is 0 Å². The Bertz CT molecular complexity index is 936. The summed E-state index contributed by atoms with van der Waals surface area (Å²) in [5.41, 5.74) is 8.27. The molecule has 1 aliphatic rings. The predicted molar refractivity (Wildman–Crippen MR) is 112 cm³/mol. The van der Waals surface area contributed by atoms with Crippen LogP contribution in [0, 0.1) is 19.3 Å². The second kappa shape index (κ2) is 7.34. The van der Waals surface area contributed by atoms with Gasteiger partial charge in [-0.25, -0.2) is 8.42 Å². The fraction of sp³-hybridized carbons (Fsp3) is 0.381. The molecule has 2 N–H and O–H groups in total. The summed E-state index contributed by atoms with van der Waals surface area (Å²) in [6, 6.07) is 14.8. The zero-order chi connectivity index (χ0) is 19.8. The lowest BCUT2D eigenvalue weighted by molar-refractivity contribution is 0.121. The average molecular weight is 404 g/mol. The molecule has 0 saturated heterocycles. The van der Waals surface area contributed by atoms with Crippen LogP contribution in [0.5, 0.6) is 0 Å². The smallest absolute Gasteiger partial charge is 0.182 e. The van der Waals surface area contributed by atoms with Crippen molar-refractivity contribution in [2.75, 3.05) is 13.2 Å². The maximum atomic E-state index is 13.5. The lowest BCUT2D eigenvalue weighted by Gasteiger charge is -2.17. The fourth-order valence-corrected chi connectivity index (χ4v) is 6.56. The summed E-state index contributed by atoms with van der Waals surface area (Å²) >= 11 is 5.36. The van der Waals surface area contributed by atoms with Gasteiger partial charge in [0, 0.05) is 12.5 Å². The minimum Gasteiger partial charge on any atom is -0.393 e. The van der Waals surface area contributed by atoms with Crippen LogP contribution in [-0.2, 0) is 14.6 Å². The highest BCUT2D eigenvalue weighted by Crippen LogP contribution is 2.64. The summed E-state index contributed by atoms with van der Waals surface area (Å²) in [5.74, 6) is -0.312. The Morgan fingerprint density at radius 1 is 1.07 bits per heavy atom. The zero-order valence-electron chi connectivity index (χ0n) is 15.8. The minimum absolute atomic E-state index is 0.196. The number of rotatable bonds is 7. The van der Waals surface area contributed by atoms with Crippen molar-refractivity contribution in [1.82, 2.24) is 0 Å². The summed E-state index contributed by atoms with van der Waals surface area (Å²) in [6.07, 6.45) is 0. The van der Waals surface area contributed by atoms with Gasteiger partial charge in [-0.05, 0) is 38.5 Å². The van der Waals surface area contributed by atoms with Gasteiger partial charge in [0.2, 0.25) is 0 Å². The Kier molecular flexibility index (Phi) is 5.43. The third-order valence-corrected chi connectivity index (χ3v) is 8.05. The van der Waals surface area contributed by atoms with E-state index in [0.717, 1.165) is 16.7 Å². The Hall–Kier alpha value is -1.76. The quantitative estimate of drug-likeness (QED) is 0.716. The first-order valence-corrected chi connectivity index (χ1v) is 11.0. The van der Waals surface area contributed by atoms with Gasteiger partial charge >= 0.3 is 0 Å². The van der Waals surface area contributed by atoms with Crippen molar-refractivity contribution < 1.29 is 13.2 Å². The molecule has 3 atom stereocenters. The predicted octanol–water partition coefficient (Wildman–Crippen LogP) is 3.55. The number of ether oxygens (including phenoxy) is 1. The van der Waals surface area contributed by atoms with Gasteiger partial charge in [0.15, 0.2) is 9.84 Å². The Labute approximate surface area is 166 Å². The van der Waals surface area contributed by atoms with Crippen molar-refractivity contribution in [3.8, 4) is 0 Å². The topological polar surface area (TPSA) is 69.4 Å². The van der Waals surface area contributed by atoms with Crippen molar-refractivity contribution in [3.63, 3.8) is 0 Å². The van der Waals surface area contributed by atoms with Crippen molar-refractivity contribution >= 4 is 27.0 Å². The van der Waals surface area contributed by atoms with Crippen molar-refractivity contribution in [2.45, 2.75) is 36.8 Å². The van der Waals surface area contributed by atoms with E-state index in [4.69, 9.17) is 22.7 Å². The van der Waals surface area contributed by atoms with E-state index in [-0.39, 0.29) is 17.5 Å². The molecule has 0 aliphatic heterocycles. The SMILES string of the molecule is CCOCC1(C(N)=S)C(c2ccc(C)cc2)C1S(=O)(=O)c1ccc(C)cc1. The Balaban J connectivity index is 2.10. The number of nitrogens with two attached hydrogens (primary N) is 1. The van der Waals surface area contributed by atoms with E-state index in [1.807, 2.05) is 45.0 Å². The van der Waals surface area contributed by atoms with E-state index in [1.165, 1.54) is 0 Å². The number of hydrogen-bond acceptors (Lipinski definition) is 4. The van der Waals surface area contributed by atoms with Gasteiger partial charge in [-0.1, -0.05) is 59.7 Å². The third-order valence-electron chi connectivity index (χ3n) is 5.38. The van der Waals surface area contributed by atoms with Crippen LogP contribution < -0.4 is 5.73 Å². The molecule has 144 valence electrons. The molecular weight excluding hydrogens is 378 g/mol. The largest absolute Gasteiger partial charge is 0.393 e. The summed E-state index contributed by atoms with van der Waals surface area (Å²) in [4.78, 5) is 0.493. The van der Waals surface area contributed by atoms with E-state index in [9.17, 15) is 8.42 Å². The second-order valence-corrected chi connectivity index (χ2v) is 9.72. The molecule has 0 heterocycles. The van der Waals surface area contributed by atoms with E-state index < -0.39 is 20.5 Å². The van der Waals surface area contributed by atoms with E-state index in [2.05, 4.69) is 0 Å². The zero-order valence-corrected chi connectivity index (χ0v) is 17.4. The van der Waals surface area contributed by atoms with Crippen LogP contribution in [0.15, 0.2) is 53.4 Å². The molecule has 4 nitrogen and oxygen atoms in total. The Morgan fingerprint density at radius 3 is 2.07 bits per heavy atom. The molecule has 6 heteroatoms. The second-order valence-electron chi connectivity index (χ2n) is 7.21. The number of thiocarbonyl (C=S) groups is 1. The van der Waals surface area contributed by atoms with E-state index >= 15 is 0 Å². The standard InChI is InChI=1S/C21H25NO3S2/c1-4-25-13-21(20(22)26)18(16-9-5-14(2)6-10-16)19(21)27(23,24)17-11-7-15(3)8-12-17/h5-12,18-19H,4,13H2,1-3H3,(H2,22,26). The molecule has 0 aromatic heterocycles. The average Bonchev–Trinajstić information content (AvgIpc) is 3.32. The van der Waals surface area contributed by atoms with Gasteiger partial charge in [0.1, 0.15) is 0 Å². The van der Waals surface area contributed by atoms with Gasteiger partial charge in [-0.3, -0.25) is 0 Å². The van der Waals surface area contributed by atoms with Crippen molar-refractivity contribution in [3.05, 3.63) is 65.2 Å². The van der Waals surface area contributed by atoms with Gasteiger partial charge in [0.25, 0.3) is 0 Å². The highest BCUT2D eigenvalue weighted by atomic mass is 32.2. The highest BCUT2D eigenvalue weighted by molar-refractivity contribution is 7.92. The maximum absolute atomic E-state index is 13.5. The minimum atomic E-state index is -3.62. The first-order chi connectivity index (χ1) is 12.7. The molecule has 1 fully saturated rings. The first-order valence-electron chi connectivity index (χ1n) is 9.00. The highest BCUT2D eigenvalue weighted by Gasteiger charge is 2.73. The lowest BCUT2D eigenvalue weighted by atomic mass is 9.99.